The molecule has 0 heterocycles. The summed E-state index contributed by atoms with van der Waals surface area (Å²) in [6.07, 6.45) is 1.25. The first-order valence-corrected chi connectivity index (χ1v) is 14.7. The van der Waals surface area contributed by atoms with Crippen LogP contribution in [0.25, 0.3) is 0 Å². The second-order valence-electron chi connectivity index (χ2n) is 9.24. The Bertz CT molecular complexity index is 1350. The molecule has 0 aliphatic heterocycles. The van der Waals surface area contributed by atoms with Crippen LogP contribution in [0.15, 0.2) is 78.9 Å². The Morgan fingerprint density at radius 2 is 1.47 bits per heavy atom. The monoisotopic (exact) mass is 575 g/mol. The number of hydrogen-bond donors (Lipinski definition) is 1. The van der Waals surface area contributed by atoms with Gasteiger partial charge in [0.1, 0.15) is 12.6 Å². The summed E-state index contributed by atoms with van der Waals surface area (Å²) < 4.78 is 26.5. The van der Waals surface area contributed by atoms with E-state index in [-0.39, 0.29) is 35.6 Å². The van der Waals surface area contributed by atoms with E-state index in [1.807, 2.05) is 44.2 Å². The van der Waals surface area contributed by atoms with Crippen LogP contribution in [0.1, 0.15) is 25.0 Å². The van der Waals surface area contributed by atoms with Gasteiger partial charge in [-0.05, 0) is 49.2 Å². The molecule has 3 aromatic rings. The van der Waals surface area contributed by atoms with Gasteiger partial charge in [-0.15, -0.1) is 0 Å². The van der Waals surface area contributed by atoms with Gasteiger partial charge in [-0.1, -0.05) is 77.8 Å². The highest BCUT2D eigenvalue weighted by Gasteiger charge is 2.33. The average molecular weight is 577 g/mol. The number of nitrogens with zero attached hydrogens (tertiary/aromatic N) is 2. The second kappa shape index (κ2) is 13.1. The molecule has 1 N–H and O–H groups in total. The third kappa shape index (κ3) is 8.21. The quantitative estimate of drug-likeness (QED) is 0.351. The van der Waals surface area contributed by atoms with Crippen molar-refractivity contribution >= 4 is 50.7 Å². The van der Waals surface area contributed by atoms with Crippen molar-refractivity contribution in [1.82, 2.24) is 10.2 Å². The molecule has 0 aliphatic carbocycles. The third-order valence-electron chi connectivity index (χ3n) is 5.77. The number of carbonyl (C=O) groups excluding carboxylic acids is 2. The van der Waals surface area contributed by atoms with Gasteiger partial charge in [-0.25, -0.2) is 8.42 Å². The maximum Gasteiger partial charge on any atom is 0.244 e. The molecule has 2 amide bonds. The first-order valence-electron chi connectivity index (χ1n) is 12.1. The van der Waals surface area contributed by atoms with Crippen molar-refractivity contribution in [3.63, 3.8) is 0 Å². The molecular formula is C28H31Cl2N3O4S. The largest absolute Gasteiger partial charge is 0.352 e. The van der Waals surface area contributed by atoms with E-state index >= 15 is 0 Å². The molecule has 202 valence electrons. The number of hydrogen-bond acceptors (Lipinski definition) is 4. The molecule has 0 spiro atoms. The standard InChI is InChI=1S/C28H31Cl2N3O4S/c1-20(2)31-28(35)26(17-21-9-5-4-6-10-21)32(18-22-13-15-23(29)16-14-22)27(34)19-33(38(3,36)37)25-12-8-7-11-24(25)30/h4-16,20,26H,17-19H2,1-3H3,(H,31,35)/t26-/m0/s1. The van der Waals surface area contributed by atoms with Gasteiger partial charge in [0.05, 0.1) is 17.0 Å². The van der Waals surface area contributed by atoms with Gasteiger partial charge >= 0.3 is 0 Å². The van der Waals surface area contributed by atoms with Gasteiger partial charge < -0.3 is 10.2 Å². The van der Waals surface area contributed by atoms with Crippen LogP contribution in [-0.4, -0.2) is 50.0 Å². The number of para-hydroxylation sites is 1. The Balaban J connectivity index is 2.06. The maximum absolute atomic E-state index is 13.9. The first-order chi connectivity index (χ1) is 18.0. The number of amides is 2. The summed E-state index contributed by atoms with van der Waals surface area (Å²) in [4.78, 5) is 28.8. The van der Waals surface area contributed by atoms with Crippen molar-refractivity contribution in [2.24, 2.45) is 0 Å². The molecule has 0 unspecified atom stereocenters. The maximum atomic E-state index is 13.9. The van der Waals surface area contributed by atoms with E-state index in [1.54, 1.807) is 42.5 Å². The number of benzene rings is 3. The molecule has 0 aromatic heterocycles. The average Bonchev–Trinajstić information content (AvgIpc) is 2.85. The molecule has 3 rings (SSSR count). The molecular weight excluding hydrogens is 545 g/mol. The summed E-state index contributed by atoms with van der Waals surface area (Å²) in [6.45, 7) is 3.22. The van der Waals surface area contributed by atoms with E-state index in [9.17, 15) is 18.0 Å². The molecule has 0 saturated heterocycles. The normalized spacial score (nSPS) is 12.2. The summed E-state index contributed by atoms with van der Waals surface area (Å²) in [5, 5.41) is 3.63. The minimum Gasteiger partial charge on any atom is -0.352 e. The van der Waals surface area contributed by atoms with E-state index in [1.165, 1.54) is 11.0 Å². The zero-order valence-corrected chi connectivity index (χ0v) is 23.8. The molecule has 0 radical (unpaired) electrons. The summed E-state index contributed by atoms with van der Waals surface area (Å²) in [5.74, 6) is -0.889. The molecule has 0 bridgehead atoms. The van der Waals surface area contributed by atoms with E-state index < -0.39 is 28.5 Å². The fraction of sp³-hybridized carbons (Fsp3) is 0.286. The van der Waals surface area contributed by atoms with Crippen LogP contribution in [0.4, 0.5) is 5.69 Å². The number of carbonyl (C=O) groups is 2. The SMILES string of the molecule is CC(C)NC(=O)[C@H](Cc1ccccc1)N(Cc1ccc(Cl)cc1)C(=O)CN(c1ccccc1Cl)S(C)(=O)=O. The van der Waals surface area contributed by atoms with Gasteiger partial charge in [0.2, 0.25) is 21.8 Å². The van der Waals surface area contributed by atoms with Gasteiger partial charge in [0.15, 0.2) is 0 Å². The van der Waals surface area contributed by atoms with Crippen LogP contribution in [0.3, 0.4) is 0 Å². The highest BCUT2D eigenvalue weighted by molar-refractivity contribution is 7.92. The number of sulfonamides is 1. The molecule has 38 heavy (non-hydrogen) atoms. The number of anilines is 1. The van der Waals surface area contributed by atoms with E-state index in [0.717, 1.165) is 21.7 Å². The Kier molecular flexibility index (Phi) is 10.2. The summed E-state index contributed by atoms with van der Waals surface area (Å²) in [5.41, 5.74) is 1.78. The Morgan fingerprint density at radius 3 is 2.05 bits per heavy atom. The minimum absolute atomic E-state index is 0.0686. The predicted octanol–water partition coefficient (Wildman–Crippen LogP) is 4.92. The summed E-state index contributed by atoms with van der Waals surface area (Å²) >= 11 is 12.4. The van der Waals surface area contributed by atoms with Crippen LogP contribution in [0.5, 0.6) is 0 Å². The second-order valence-corrected chi connectivity index (χ2v) is 12.0. The van der Waals surface area contributed by atoms with E-state index in [0.29, 0.717) is 5.02 Å². The van der Waals surface area contributed by atoms with Crippen molar-refractivity contribution < 1.29 is 18.0 Å². The van der Waals surface area contributed by atoms with E-state index in [4.69, 9.17) is 23.2 Å². The van der Waals surface area contributed by atoms with Crippen molar-refractivity contribution in [1.29, 1.82) is 0 Å². The fourth-order valence-corrected chi connectivity index (χ4v) is 5.25. The molecule has 3 aromatic carbocycles. The van der Waals surface area contributed by atoms with Gasteiger partial charge in [-0.2, -0.15) is 0 Å². The Hall–Kier alpha value is -3.07. The van der Waals surface area contributed by atoms with Crippen molar-refractivity contribution in [3.05, 3.63) is 100 Å². The molecule has 7 nitrogen and oxygen atoms in total. The smallest absolute Gasteiger partial charge is 0.244 e. The van der Waals surface area contributed by atoms with Gasteiger partial charge in [0, 0.05) is 24.0 Å². The highest BCUT2D eigenvalue weighted by atomic mass is 35.5. The lowest BCUT2D eigenvalue weighted by Gasteiger charge is -2.34. The lowest BCUT2D eigenvalue weighted by molar-refractivity contribution is -0.140. The third-order valence-corrected chi connectivity index (χ3v) is 7.47. The number of nitrogens with one attached hydrogen (secondary N) is 1. The highest BCUT2D eigenvalue weighted by Crippen LogP contribution is 2.28. The summed E-state index contributed by atoms with van der Waals surface area (Å²) in [7, 11) is -3.89. The Labute approximate surface area is 234 Å². The molecule has 0 fully saturated rings. The topological polar surface area (TPSA) is 86.8 Å². The fourth-order valence-electron chi connectivity index (χ4n) is 3.97. The minimum atomic E-state index is -3.89. The zero-order chi connectivity index (χ0) is 27.9. The van der Waals surface area contributed by atoms with Crippen LogP contribution < -0.4 is 9.62 Å². The van der Waals surface area contributed by atoms with Crippen molar-refractivity contribution in [2.45, 2.75) is 38.9 Å². The molecule has 10 heteroatoms. The van der Waals surface area contributed by atoms with Crippen LogP contribution in [-0.2, 0) is 32.6 Å². The van der Waals surface area contributed by atoms with Crippen LogP contribution in [0, 0.1) is 0 Å². The number of halogens is 2. The van der Waals surface area contributed by atoms with Crippen molar-refractivity contribution in [2.75, 3.05) is 17.1 Å². The van der Waals surface area contributed by atoms with Crippen molar-refractivity contribution in [3.8, 4) is 0 Å². The van der Waals surface area contributed by atoms with E-state index in [2.05, 4.69) is 5.32 Å². The van der Waals surface area contributed by atoms with Crippen LogP contribution >= 0.6 is 23.2 Å². The summed E-state index contributed by atoms with van der Waals surface area (Å²) in [6, 6.07) is 21.6. The molecule has 0 aliphatic rings. The lowest BCUT2D eigenvalue weighted by Crippen LogP contribution is -2.54. The van der Waals surface area contributed by atoms with Crippen LogP contribution in [0.2, 0.25) is 10.0 Å². The first kappa shape index (κ1) is 29.5. The zero-order valence-electron chi connectivity index (χ0n) is 21.5. The number of rotatable bonds is 11. The predicted molar refractivity (Wildman–Crippen MR) is 153 cm³/mol. The molecule has 1 atom stereocenters. The van der Waals surface area contributed by atoms with Gasteiger partial charge in [0.25, 0.3) is 0 Å². The lowest BCUT2D eigenvalue weighted by atomic mass is 10.0. The Morgan fingerprint density at radius 1 is 0.868 bits per heavy atom. The molecule has 0 saturated carbocycles. The van der Waals surface area contributed by atoms with Gasteiger partial charge in [-0.3, -0.25) is 13.9 Å².